The largest absolute Gasteiger partial charge is 0.356 e. The number of allylic oxidation sites excluding steroid dienone is 6. The molecule has 2 aromatic heterocycles. The summed E-state index contributed by atoms with van der Waals surface area (Å²) in [5.74, 6) is -2.98. The van der Waals surface area contributed by atoms with Crippen molar-refractivity contribution in [3.05, 3.63) is 119 Å². The van der Waals surface area contributed by atoms with E-state index in [0.29, 0.717) is 54.1 Å². The van der Waals surface area contributed by atoms with Crippen LogP contribution in [-0.4, -0.2) is 167 Å². The second kappa shape index (κ2) is 27.8. The summed E-state index contributed by atoms with van der Waals surface area (Å²) in [6, 6.07) is 11.5. The molecule has 32 nitrogen and oxygen atoms in total. The zero-order valence-electron chi connectivity index (χ0n) is 51.1. The maximum Gasteiger partial charge on any atom is 0.295 e. The number of hydrogen-bond acceptors (Lipinski definition) is 22. The third kappa shape index (κ3) is 17.5. The number of aromatic nitrogens is 3. The van der Waals surface area contributed by atoms with Gasteiger partial charge in [-0.3, -0.25) is 46.7 Å². The Morgan fingerprint density at radius 2 is 1.22 bits per heavy atom. The van der Waals surface area contributed by atoms with E-state index >= 15 is 0 Å². The van der Waals surface area contributed by atoms with Crippen LogP contribution >= 0.6 is 11.3 Å². The smallest absolute Gasteiger partial charge is 0.295 e. The Hall–Kier alpha value is -7.42. The first-order valence-corrected chi connectivity index (χ1v) is 39.8. The van der Waals surface area contributed by atoms with E-state index in [1.165, 1.54) is 54.7 Å². The molecular formula is C56H64N9O23S8+. The standard InChI is InChI=1S/C56H63N9O23S8/c1-55(2)46(64(24-8-26-90(69,70)71)42-17-14-37-39(50(42)55)28-35(93(77,78)79)30-44(37)95(83,84)85)19-12-33(41-16-11-34(32-60-41)52(68)59-22-7-5-6-10-48(66)58-23-21-49(67)61-53-62-63-54(89-53)92(57,75)76)13-20-47-56(3,4)51-40-29-36(94(80,81)82)31-45(96(86,87)88)38(40)15-18-43(51)65(47)25-9-27-91(72,73)74/h11-20,28-32H,5-10,21-27H2,1-4H3,(H10-,57,58,59,61,62,66,67,68,69,70,71,72,73,74,75,76,77,78,79,80,81,82,83,84,85,86,87,88)/p+1. The van der Waals surface area contributed by atoms with Crippen molar-refractivity contribution in [2.24, 2.45) is 5.14 Å². The van der Waals surface area contributed by atoms with E-state index < -0.39 is 129 Å². The molecule has 2 aliphatic rings. The van der Waals surface area contributed by atoms with Gasteiger partial charge in [-0.2, -0.15) is 55.1 Å². The van der Waals surface area contributed by atoms with Gasteiger partial charge >= 0.3 is 0 Å². The van der Waals surface area contributed by atoms with Crippen LogP contribution in [0.1, 0.15) is 99.8 Å². The maximum absolute atomic E-state index is 13.6. The number of sulfonamides is 1. The van der Waals surface area contributed by atoms with Crippen LogP contribution in [0.4, 0.5) is 16.5 Å². The van der Waals surface area contributed by atoms with E-state index in [0.717, 1.165) is 12.1 Å². The Bertz CT molecular complexity index is 5170. The number of anilines is 2. The molecule has 0 spiro atoms. The summed E-state index contributed by atoms with van der Waals surface area (Å²) < 4.78 is 235. The fraction of sp³-hybridized carbons (Fsp3) is 0.339. The number of amides is 3. The van der Waals surface area contributed by atoms with Crippen LogP contribution in [0.15, 0.2) is 121 Å². The Balaban J connectivity index is 1.16. The van der Waals surface area contributed by atoms with Crippen LogP contribution in [0, 0.1) is 0 Å². The van der Waals surface area contributed by atoms with Gasteiger partial charge in [-0.15, -0.1) is 10.2 Å². The lowest BCUT2D eigenvalue weighted by molar-refractivity contribution is -0.437. The molecule has 96 heavy (non-hydrogen) atoms. The fourth-order valence-electron chi connectivity index (χ4n) is 11.4. The Labute approximate surface area is 556 Å². The average Bonchev–Trinajstić information content (AvgIpc) is 1.53. The lowest BCUT2D eigenvalue weighted by atomic mass is 9.79. The number of pyridine rings is 1. The molecule has 3 amide bonds. The highest BCUT2D eigenvalue weighted by Crippen LogP contribution is 2.52. The number of fused-ring (bicyclic) bond motifs is 6. The van der Waals surface area contributed by atoms with Gasteiger partial charge in [0.1, 0.15) is 16.3 Å². The maximum atomic E-state index is 13.6. The van der Waals surface area contributed by atoms with E-state index in [1.54, 1.807) is 49.3 Å². The first-order valence-electron chi connectivity index (χ1n) is 28.5. The SMILES string of the molecule is CC1(C)C(=CC=C(C=CC2=[N+](CCCS(=O)(=O)O)c3ccc4c(S(=O)(=O)O)cc(S(=O)(=O)O)cc4c3C2(C)C)c2ccc(C(=O)NCCCCCC(=O)NCCC(=O)Nc3nnc(S(N)(=O)=O)s3)cn2)N(CCCS(=O)(=O)O)c2ccc3c(S(=O)(=O)O)cc(S(=O)(=O)O)cc3c21. The van der Waals surface area contributed by atoms with E-state index in [1.807, 2.05) is 0 Å². The van der Waals surface area contributed by atoms with E-state index in [2.05, 4.69) is 31.1 Å². The number of carbonyl (C=O) groups is 3. The highest BCUT2D eigenvalue weighted by atomic mass is 32.3. The number of benzene rings is 4. The topological polar surface area (TPSA) is 519 Å². The van der Waals surface area contributed by atoms with Gasteiger partial charge in [-0.05, 0) is 110 Å². The van der Waals surface area contributed by atoms with Crippen molar-refractivity contribution in [2.75, 3.05) is 47.9 Å². The van der Waals surface area contributed by atoms with E-state index in [9.17, 15) is 101 Å². The van der Waals surface area contributed by atoms with Crippen molar-refractivity contribution >= 4 is 149 Å². The molecule has 4 heterocycles. The highest BCUT2D eigenvalue weighted by molar-refractivity contribution is 7.91. The Morgan fingerprint density at radius 3 is 1.77 bits per heavy atom. The van der Waals surface area contributed by atoms with E-state index in [4.69, 9.17) is 5.14 Å². The second-order valence-electron chi connectivity index (χ2n) is 23.1. The predicted molar refractivity (Wildman–Crippen MR) is 350 cm³/mol. The zero-order chi connectivity index (χ0) is 71.1. The molecule has 0 bridgehead atoms. The number of unbranched alkanes of at least 4 members (excludes halogenated alkanes) is 2. The third-order valence-corrected chi connectivity index (χ3v) is 22.8. The Morgan fingerprint density at radius 1 is 0.625 bits per heavy atom. The predicted octanol–water partition coefficient (Wildman–Crippen LogP) is 4.56. The zero-order valence-corrected chi connectivity index (χ0v) is 57.6. The van der Waals surface area contributed by atoms with Gasteiger partial charge in [0.2, 0.25) is 27.0 Å². The number of primary sulfonamides is 1. The molecule has 6 aromatic rings. The number of hydrogen-bond donors (Lipinski definition) is 10. The molecule has 518 valence electrons. The van der Waals surface area contributed by atoms with Crippen molar-refractivity contribution in [1.29, 1.82) is 0 Å². The lowest BCUT2D eigenvalue weighted by Gasteiger charge is -2.27. The first-order chi connectivity index (χ1) is 44.3. The van der Waals surface area contributed by atoms with Crippen LogP contribution in [0.5, 0.6) is 0 Å². The van der Waals surface area contributed by atoms with Gasteiger partial charge < -0.3 is 20.9 Å². The Kier molecular flexibility index (Phi) is 21.6. The summed E-state index contributed by atoms with van der Waals surface area (Å²) in [6.07, 6.45) is 8.22. The van der Waals surface area contributed by atoms with Crippen LogP contribution in [0.3, 0.4) is 0 Å². The van der Waals surface area contributed by atoms with Gasteiger partial charge in [0.15, 0.2) is 5.71 Å². The fourth-order valence-corrected chi connectivity index (χ4v) is 16.4. The molecule has 40 heteroatoms. The summed E-state index contributed by atoms with van der Waals surface area (Å²) in [5.41, 5.74) is -0.641. The minimum atomic E-state index is -5.18. The molecule has 0 saturated heterocycles. The molecule has 0 unspecified atom stereocenters. The van der Waals surface area contributed by atoms with Crippen LogP contribution < -0.4 is 26.0 Å². The molecule has 2 aliphatic heterocycles. The highest BCUT2D eigenvalue weighted by Gasteiger charge is 2.47. The summed E-state index contributed by atoms with van der Waals surface area (Å²) >= 11 is 0.555. The molecule has 0 fully saturated rings. The molecule has 0 atom stereocenters. The number of carbonyl (C=O) groups excluding carboxylic acids is 3. The van der Waals surface area contributed by atoms with Gasteiger partial charge in [0.25, 0.3) is 76.6 Å². The van der Waals surface area contributed by atoms with Crippen LogP contribution in [0.25, 0.3) is 27.1 Å². The van der Waals surface area contributed by atoms with E-state index in [-0.39, 0.29) is 124 Å². The van der Waals surface area contributed by atoms with Gasteiger partial charge in [-0.1, -0.05) is 43.7 Å². The quantitative estimate of drug-likeness (QED) is 0.0106. The summed E-state index contributed by atoms with van der Waals surface area (Å²) in [4.78, 5) is 41.0. The number of nitrogens with zero attached hydrogens (tertiary/aromatic N) is 5. The minimum absolute atomic E-state index is 0.0415. The molecule has 0 saturated carbocycles. The molecule has 11 N–H and O–H groups in total. The number of nitrogens with two attached hydrogens (primary N) is 1. The number of rotatable bonds is 28. The van der Waals surface area contributed by atoms with Crippen molar-refractivity contribution in [3.8, 4) is 0 Å². The average molecular weight is 1490 g/mol. The third-order valence-electron chi connectivity index (χ3n) is 15.6. The molecular weight excluding hydrogens is 1420 g/mol. The lowest BCUT2D eigenvalue weighted by Crippen LogP contribution is -2.28. The summed E-state index contributed by atoms with van der Waals surface area (Å²) in [6.45, 7) is 6.38. The molecule has 0 radical (unpaired) electrons. The van der Waals surface area contributed by atoms with Crippen LogP contribution in [-0.2, 0) is 91.2 Å². The molecule has 4 aromatic carbocycles. The van der Waals surface area contributed by atoms with Crippen LogP contribution in [0.2, 0.25) is 0 Å². The normalized spacial score (nSPS) is 15.8. The van der Waals surface area contributed by atoms with Gasteiger partial charge in [-0.25, -0.2) is 13.6 Å². The van der Waals surface area contributed by atoms with Gasteiger partial charge in [0.05, 0.1) is 38.0 Å². The minimum Gasteiger partial charge on any atom is -0.356 e. The van der Waals surface area contributed by atoms with Crippen molar-refractivity contribution in [1.82, 2.24) is 25.8 Å². The monoisotopic (exact) mass is 1490 g/mol. The first kappa shape index (κ1) is 74.4. The van der Waals surface area contributed by atoms with Crippen molar-refractivity contribution in [3.63, 3.8) is 0 Å². The molecule has 0 aliphatic carbocycles. The molecule has 8 rings (SSSR count). The summed E-state index contributed by atoms with van der Waals surface area (Å²) in [5, 5.41) is 19.1. The second-order valence-corrected chi connectivity index (χ2v) is 34.6. The van der Waals surface area contributed by atoms with Gasteiger partial charge in [0, 0.05) is 95.9 Å². The summed E-state index contributed by atoms with van der Waals surface area (Å²) in [7, 11) is -33.9. The van der Waals surface area contributed by atoms with Crippen molar-refractivity contribution in [2.45, 2.75) is 107 Å². The number of nitrogens with one attached hydrogen (secondary N) is 3. The van der Waals surface area contributed by atoms with Crippen molar-refractivity contribution < 1.29 is 105 Å².